The van der Waals surface area contributed by atoms with Gasteiger partial charge in [-0.05, 0) is 17.7 Å². The molecule has 4 rings (SSSR count). The minimum atomic E-state index is 0.103. The van der Waals surface area contributed by atoms with E-state index in [2.05, 4.69) is 16.0 Å². The van der Waals surface area contributed by atoms with Crippen molar-refractivity contribution >= 4 is 5.91 Å². The van der Waals surface area contributed by atoms with Crippen molar-refractivity contribution in [1.29, 1.82) is 0 Å². The molecule has 24 heavy (non-hydrogen) atoms. The van der Waals surface area contributed by atoms with Gasteiger partial charge in [-0.25, -0.2) is 4.98 Å². The fourth-order valence-electron chi connectivity index (χ4n) is 3.04. The summed E-state index contributed by atoms with van der Waals surface area (Å²) in [6.45, 7) is 4.34. The lowest BCUT2D eigenvalue weighted by atomic mass is 10.1. The molecule has 1 fully saturated rings. The van der Waals surface area contributed by atoms with E-state index in [1.165, 1.54) is 18.2 Å². The molecule has 2 aliphatic rings. The first-order valence-corrected chi connectivity index (χ1v) is 8.04. The lowest BCUT2D eigenvalue weighted by Gasteiger charge is -2.34. The van der Waals surface area contributed by atoms with Crippen molar-refractivity contribution in [3.8, 4) is 11.5 Å². The average Bonchev–Trinajstić information content (AvgIpc) is 3.26. The molecular weight excluding hydrogens is 310 g/mol. The fourth-order valence-corrected chi connectivity index (χ4v) is 3.04. The summed E-state index contributed by atoms with van der Waals surface area (Å²) >= 11 is 0. The Morgan fingerprint density at radius 1 is 1.12 bits per heavy atom. The van der Waals surface area contributed by atoms with E-state index >= 15 is 0 Å². The Labute approximate surface area is 139 Å². The lowest BCUT2D eigenvalue weighted by Crippen LogP contribution is -2.48. The van der Waals surface area contributed by atoms with E-state index in [0.717, 1.165) is 44.2 Å². The highest BCUT2D eigenvalue weighted by Gasteiger charge is 2.22. The maximum atomic E-state index is 12.3. The molecule has 7 heteroatoms. The Morgan fingerprint density at radius 2 is 1.96 bits per heavy atom. The molecule has 0 unspecified atom stereocenters. The largest absolute Gasteiger partial charge is 0.454 e. The quantitative estimate of drug-likeness (QED) is 0.842. The molecule has 1 amide bonds. The number of amides is 1. The Hall–Kier alpha value is -2.54. The summed E-state index contributed by atoms with van der Waals surface area (Å²) in [5.41, 5.74) is 1.88. The monoisotopic (exact) mass is 329 g/mol. The number of aromatic nitrogens is 1. The van der Waals surface area contributed by atoms with E-state index in [9.17, 15) is 4.79 Å². The molecule has 3 heterocycles. The minimum absolute atomic E-state index is 0.103. The average molecular weight is 329 g/mol. The van der Waals surface area contributed by atoms with Gasteiger partial charge in [0, 0.05) is 32.7 Å². The second-order valence-electron chi connectivity index (χ2n) is 6.00. The third-order valence-corrected chi connectivity index (χ3v) is 4.38. The van der Waals surface area contributed by atoms with Crippen molar-refractivity contribution in [3.63, 3.8) is 0 Å². The van der Waals surface area contributed by atoms with Crippen LogP contribution >= 0.6 is 0 Å². The van der Waals surface area contributed by atoms with Crippen LogP contribution in [0.25, 0.3) is 0 Å². The molecule has 0 aliphatic carbocycles. The number of carbonyl (C=O) groups is 1. The molecule has 2 aliphatic heterocycles. The highest BCUT2D eigenvalue weighted by atomic mass is 16.7. The highest BCUT2D eigenvalue weighted by molar-refractivity contribution is 5.78. The maximum Gasteiger partial charge on any atom is 0.231 e. The van der Waals surface area contributed by atoms with Crippen LogP contribution in [0.4, 0.5) is 0 Å². The Kier molecular flexibility index (Phi) is 4.08. The number of hydrogen-bond donors (Lipinski definition) is 0. The van der Waals surface area contributed by atoms with Crippen LogP contribution in [0.2, 0.25) is 0 Å². The number of fused-ring (bicyclic) bond motifs is 1. The van der Waals surface area contributed by atoms with Crippen LogP contribution in [0.3, 0.4) is 0 Å². The smallest absolute Gasteiger partial charge is 0.231 e. The zero-order chi connectivity index (χ0) is 16.4. The van der Waals surface area contributed by atoms with Gasteiger partial charge in [-0.1, -0.05) is 6.07 Å². The van der Waals surface area contributed by atoms with Gasteiger partial charge >= 0.3 is 0 Å². The zero-order valence-electron chi connectivity index (χ0n) is 13.3. The van der Waals surface area contributed by atoms with Crippen LogP contribution in [-0.4, -0.2) is 53.7 Å². The molecule has 2 aromatic rings. The summed E-state index contributed by atoms with van der Waals surface area (Å²) in [7, 11) is 0. The van der Waals surface area contributed by atoms with Crippen LogP contribution in [0.15, 0.2) is 35.3 Å². The summed E-state index contributed by atoms with van der Waals surface area (Å²) in [6, 6.07) is 6.05. The van der Waals surface area contributed by atoms with Gasteiger partial charge in [0.1, 0.15) is 6.26 Å². The van der Waals surface area contributed by atoms with Gasteiger partial charge in [-0.3, -0.25) is 9.69 Å². The molecular formula is C17H19N3O4. The summed E-state index contributed by atoms with van der Waals surface area (Å²) in [5.74, 6) is 1.72. The van der Waals surface area contributed by atoms with E-state index < -0.39 is 0 Å². The summed E-state index contributed by atoms with van der Waals surface area (Å²) in [6.07, 6.45) is 3.18. The second kappa shape index (κ2) is 6.52. The summed E-state index contributed by atoms with van der Waals surface area (Å²) < 4.78 is 15.7. The summed E-state index contributed by atoms with van der Waals surface area (Å²) in [4.78, 5) is 20.5. The van der Waals surface area contributed by atoms with Crippen molar-refractivity contribution in [1.82, 2.24) is 14.8 Å². The number of carbonyl (C=O) groups excluding carboxylic acids is 1. The van der Waals surface area contributed by atoms with Crippen LogP contribution in [0.5, 0.6) is 11.5 Å². The van der Waals surface area contributed by atoms with Crippen molar-refractivity contribution in [3.05, 3.63) is 42.1 Å². The van der Waals surface area contributed by atoms with E-state index in [1.807, 2.05) is 17.0 Å². The van der Waals surface area contributed by atoms with Gasteiger partial charge in [-0.2, -0.15) is 0 Å². The van der Waals surface area contributed by atoms with E-state index in [1.54, 1.807) is 0 Å². The van der Waals surface area contributed by atoms with E-state index in [0.29, 0.717) is 18.9 Å². The Bertz CT molecular complexity index is 709. The van der Waals surface area contributed by atoms with Gasteiger partial charge in [0.25, 0.3) is 0 Å². The molecule has 1 saturated heterocycles. The SMILES string of the molecule is O=C(Cc1cocn1)N1CCN(Cc2ccc3c(c2)OCO3)CC1. The van der Waals surface area contributed by atoms with Gasteiger partial charge in [0.05, 0.1) is 12.1 Å². The van der Waals surface area contributed by atoms with Gasteiger partial charge in [0.15, 0.2) is 17.9 Å². The normalized spacial score (nSPS) is 17.2. The molecule has 1 aromatic carbocycles. The van der Waals surface area contributed by atoms with Crippen molar-refractivity contribution in [2.75, 3.05) is 33.0 Å². The fraction of sp³-hybridized carbons (Fsp3) is 0.412. The molecule has 7 nitrogen and oxygen atoms in total. The minimum Gasteiger partial charge on any atom is -0.454 e. The van der Waals surface area contributed by atoms with Gasteiger partial charge in [0.2, 0.25) is 12.7 Å². The molecule has 0 bridgehead atoms. The zero-order valence-corrected chi connectivity index (χ0v) is 13.3. The lowest BCUT2D eigenvalue weighted by molar-refractivity contribution is -0.132. The Morgan fingerprint density at radius 3 is 2.75 bits per heavy atom. The number of oxazole rings is 1. The third kappa shape index (κ3) is 3.21. The van der Waals surface area contributed by atoms with Crippen LogP contribution in [0.1, 0.15) is 11.3 Å². The van der Waals surface area contributed by atoms with Gasteiger partial charge < -0.3 is 18.8 Å². The van der Waals surface area contributed by atoms with Crippen molar-refractivity contribution in [2.24, 2.45) is 0 Å². The number of rotatable bonds is 4. The first kappa shape index (κ1) is 15.0. The molecule has 0 atom stereocenters. The first-order chi connectivity index (χ1) is 11.8. The van der Waals surface area contributed by atoms with Crippen LogP contribution in [-0.2, 0) is 17.8 Å². The van der Waals surface area contributed by atoms with E-state index in [-0.39, 0.29) is 5.91 Å². The van der Waals surface area contributed by atoms with Crippen molar-refractivity contribution < 1.29 is 18.7 Å². The maximum absolute atomic E-state index is 12.3. The number of ether oxygens (including phenoxy) is 2. The molecule has 0 saturated carbocycles. The number of nitrogens with zero attached hydrogens (tertiary/aromatic N) is 3. The van der Waals surface area contributed by atoms with Crippen LogP contribution < -0.4 is 9.47 Å². The van der Waals surface area contributed by atoms with Crippen molar-refractivity contribution in [2.45, 2.75) is 13.0 Å². The molecule has 0 spiro atoms. The third-order valence-electron chi connectivity index (χ3n) is 4.38. The second-order valence-corrected chi connectivity index (χ2v) is 6.00. The highest BCUT2D eigenvalue weighted by Crippen LogP contribution is 2.32. The van der Waals surface area contributed by atoms with E-state index in [4.69, 9.17) is 13.9 Å². The van der Waals surface area contributed by atoms with Gasteiger partial charge in [-0.15, -0.1) is 0 Å². The van der Waals surface area contributed by atoms with Crippen LogP contribution in [0, 0.1) is 0 Å². The molecule has 126 valence electrons. The summed E-state index contributed by atoms with van der Waals surface area (Å²) in [5, 5.41) is 0. The molecule has 0 radical (unpaired) electrons. The Balaban J connectivity index is 1.29. The number of benzene rings is 1. The predicted octanol–water partition coefficient (Wildman–Crippen LogP) is 1.29. The predicted molar refractivity (Wildman–Crippen MR) is 84.6 cm³/mol. The number of hydrogen-bond acceptors (Lipinski definition) is 6. The standard InChI is InChI=1S/C17H19N3O4/c21-17(8-14-10-22-11-18-14)20-5-3-19(4-6-20)9-13-1-2-15-16(7-13)24-12-23-15/h1-2,7,10-11H,3-6,8-9,12H2. The topological polar surface area (TPSA) is 68.0 Å². The number of piperazine rings is 1. The molecule has 0 N–H and O–H groups in total. The molecule has 1 aromatic heterocycles. The first-order valence-electron chi connectivity index (χ1n) is 8.04.